The number of anilines is 1. The number of amides is 1. The van der Waals surface area contributed by atoms with E-state index < -0.39 is 0 Å². The molecule has 0 aromatic carbocycles. The van der Waals surface area contributed by atoms with Crippen LogP contribution < -0.4 is 10.9 Å². The Kier molecular flexibility index (Phi) is 2.49. The van der Waals surface area contributed by atoms with Crippen LogP contribution in [0.15, 0.2) is 12.4 Å². The summed E-state index contributed by atoms with van der Waals surface area (Å²) in [6, 6.07) is 0. The Balaban J connectivity index is 1.91. The number of aromatic nitrogens is 2. The minimum atomic E-state index is -0.0216. The first kappa shape index (κ1) is 9.21. The van der Waals surface area contributed by atoms with Crippen molar-refractivity contribution >= 4 is 23.3 Å². The zero-order valence-electron chi connectivity index (χ0n) is 7.33. The second kappa shape index (κ2) is 3.79. The van der Waals surface area contributed by atoms with Gasteiger partial charge in [0.1, 0.15) is 0 Å². The van der Waals surface area contributed by atoms with Gasteiger partial charge in [0.2, 0.25) is 5.91 Å². The van der Waals surface area contributed by atoms with E-state index >= 15 is 0 Å². The van der Waals surface area contributed by atoms with Gasteiger partial charge in [-0.3, -0.25) is 15.6 Å². The zero-order valence-corrected chi connectivity index (χ0v) is 8.08. The monoisotopic (exact) mass is 212 g/mol. The lowest BCUT2D eigenvalue weighted by Gasteiger charge is -2.06. The quantitative estimate of drug-likeness (QED) is 0.734. The average Bonchev–Trinajstić information content (AvgIpc) is 2.99. The second-order valence-corrected chi connectivity index (χ2v) is 3.44. The van der Waals surface area contributed by atoms with Crippen LogP contribution in [-0.2, 0) is 4.79 Å². The van der Waals surface area contributed by atoms with Crippen molar-refractivity contribution in [2.75, 3.05) is 5.43 Å². The molecule has 0 radical (unpaired) electrons. The SMILES string of the molecule is O=C(NNc1nccnc1Cl)C1CC1. The molecule has 0 aliphatic heterocycles. The summed E-state index contributed by atoms with van der Waals surface area (Å²) in [5.74, 6) is 0.493. The van der Waals surface area contributed by atoms with Gasteiger partial charge in [-0.1, -0.05) is 11.6 Å². The van der Waals surface area contributed by atoms with Crippen molar-refractivity contribution < 1.29 is 4.79 Å². The maximum absolute atomic E-state index is 11.2. The number of carbonyl (C=O) groups excluding carboxylic acids is 1. The first-order valence-electron chi connectivity index (χ1n) is 4.30. The fraction of sp³-hybridized carbons (Fsp3) is 0.375. The van der Waals surface area contributed by atoms with E-state index in [1.165, 1.54) is 12.4 Å². The van der Waals surface area contributed by atoms with Crippen LogP contribution >= 0.6 is 11.6 Å². The first-order chi connectivity index (χ1) is 6.77. The Hall–Kier alpha value is -1.36. The highest BCUT2D eigenvalue weighted by molar-refractivity contribution is 6.31. The number of hydrogen-bond acceptors (Lipinski definition) is 4. The predicted octanol–water partition coefficient (Wildman–Crippen LogP) is 0.983. The van der Waals surface area contributed by atoms with Crippen molar-refractivity contribution in [3.05, 3.63) is 17.5 Å². The molecule has 0 saturated heterocycles. The van der Waals surface area contributed by atoms with Crippen molar-refractivity contribution in [3.63, 3.8) is 0 Å². The maximum atomic E-state index is 11.2. The van der Waals surface area contributed by atoms with E-state index in [0.29, 0.717) is 5.82 Å². The molecule has 1 aliphatic rings. The van der Waals surface area contributed by atoms with Crippen LogP contribution in [-0.4, -0.2) is 15.9 Å². The van der Waals surface area contributed by atoms with Crippen molar-refractivity contribution in [1.29, 1.82) is 0 Å². The van der Waals surface area contributed by atoms with Crippen molar-refractivity contribution in [1.82, 2.24) is 15.4 Å². The van der Waals surface area contributed by atoms with Gasteiger partial charge >= 0.3 is 0 Å². The molecule has 14 heavy (non-hydrogen) atoms. The molecule has 0 spiro atoms. The topological polar surface area (TPSA) is 66.9 Å². The van der Waals surface area contributed by atoms with Gasteiger partial charge < -0.3 is 0 Å². The van der Waals surface area contributed by atoms with Gasteiger partial charge in [-0.2, -0.15) is 0 Å². The number of halogens is 1. The minimum Gasteiger partial charge on any atom is -0.279 e. The molecule has 5 nitrogen and oxygen atoms in total. The summed E-state index contributed by atoms with van der Waals surface area (Å²) < 4.78 is 0. The van der Waals surface area contributed by atoms with Crippen LogP contribution in [0.5, 0.6) is 0 Å². The van der Waals surface area contributed by atoms with E-state index in [9.17, 15) is 4.79 Å². The molecule has 1 heterocycles. The van der Waals surface area contributed by atoms with Crippen molar-refractivity contribution in [2.24, 2.45) is 5.92 Å². The molecule has 0 atom stereocenters. The normalized spacial score (nSPS) is 14.9. The first-order valence-corrected chi connectivity index (χ1v) is 4.67. The standard InChI is InChI=1S/C8H9ClN4O/c9-6-7(11-4-3-10-6)12-13-8(14)5-1-2-5/h3-5H,1-2H2,(H,11,12)(H,13,14). The molecule has 1 fully saturated rings. The van der Waals surface area contributed by atoms with Crippen LogP contribution in [0.2, 0.25) is 5.15 Å². The Morgan fingerprint density at radius 3 is 2.79 bits per heavy atom. The Morgan fingerprint density at radius 2 is 2.14 bits per heavy atom. The average molecular weight is 213 g/mol. The highest BCUT2D eigenvalue weighted by Crippen LogP contribution is 2.28. The van der Waals surface area contributed by atoms with E-state index in [1.54, 1.807) is 0 Å². The molecule has 1 amide bonds. The molecule has 1 aromatic rings. The Bertz CT molecular complexity index is 353. The van der Waals surface area contributed by atoms with Gasteiger partial charge in [0.25, 0.3) is 0 Å². The molecule has 1 aromatic heterocycles. The number of nitrogens with one attached hydrogen (secondary N) is 2. The van der Waals surface area contributed by atoms with E-state index in [2.05, 4.69) is 20.8 Å². The molecule has 6 heteroatoms. The molecule has 1 aliphatic carbocycles. The van der Waals surface area contributed by atoms with Gasteiger partial charge in [0, 0.05) is 18.3 Å². The Labute approximate surface area is 85.9 Å². The van der Waals surface area contributed by atoms with Gasteiger partial charge in [0.15, 0.2) is 11.0 Å². The van der Waals surface area contributed by atoms with Crippen molar-refractivity contribution in [2.45, 2.75) is 12.8 Å². The summed E-state index contributed by atoms with van der Waals surface area (Å²) in [6.07, 6.45) is 4.90. The van der Waals surface area contributed by atoms with Crippen LogP contribution in [0.1, 0.15) is 12.8 Å². The highest BCUT2D eigenvalue weighted by atomic mass is 35.5. The summed E-state index contributed by atoms with van der Waals surface area (Å²) in [5, 5.41) is 0.239. The molecular formula is C8H9ClN4O. The highest BCUT2D eigenvalue weighted by Gasteiger charge is 2.29. The lowest BCUT2D eigenvalue weighted by Crippen LogP contribution is -2.31. The van der Waals surface area contributed by atoms with Gasteiger partial charge in [-0.15, -0.1) is 0 Å². The minimum absolute atomic E-state index is 0.0216. The summed E-state index contributed by atoms with van der Waals surface area (Å²) in [7, 11) is 0. The molecule has 2 N–H and O–H groups in total. The van der Waals surface area contributed by atoms with Gasteiger partial charge in [0.05, 0.1) is 0 Å². The molecule has 0 unspecified atom stereocenters. The molecule has 2 rings (SSSR count). The van der Waals surface area contributed by atoms with Crippen LogP contribution in [0.3, 0.4) is 0 Å². The third kappa shape index (κ3) is 2.11. The van der Waals surface area contributed by atoms with Crippen LogP contribution in [0.4, 0.5) is 5.82 Å². The van der Waals surface area contributed by atoms with Gasteiger partial charge in [-0.05, 0) is 12.8 Å². The summed E-state index contributed by atoms with van der Waals surface area (Å²) in [5.41, 5.74) is 5.15. The molecule has 74 valence electrons. The van der Waals surface area contributed by atoms with Crippen LogP contribution in [0, 0.1) is 5.92 Å². The number of rotatable bonds is 3. The fourth-order valence-electron chi connectivity index (χ4n) is 0.973. The van der Waals surface area contributed by atoms with Crippen LogP contribution in [0.25, 0.3) is 0 Å². The van der Waals surface area contributed by atoms with E-state index in [1.807, 2.05) is 0 Å². The summed E-state index contributed by atoms with van der Waals surface area (Å²) in [6.45, 7) is 0. The lowest BCUT2D eigenvalue weighted by atomic mass is 10.4. The second-order valence-electron chi connectivity index (χ2n) is 3.08. The third-order valence-corrected chi connectivity index (χ3v) is 2.18. The molecule has 0 bridgehead atoms. The largest absolute Gasteiger partial charge is 0.279 e. The number of nitrogens with zero attached hydrogens (tertiary/aromatic N) is 2. The van der Waals surface area contributed by atoms with E-state index in [-0.39, 0.29) is 17.0 Å². The smallest absolute Gasteiger partial charge is 0.241 e. The molecular weight excluding hydrogens is 204 g/mol. The third-order valence-electron chi connectivity index (χ3n) is 1.91. The molecule has 1 saturated carbocycles. The Morgan fingerprint density at radius 1 is 1.43 bits per heavy atom. The maximum Gasteiger partial charge on any atom is 0.241 e. The predicted molar refractivity (Wildman–Crippen MR) is 51.5 cm³/mol. The van der Waals surface area contributed by atoms with Gasteiger partial charge in [-0.25, -0.2) is 9.97 Å². The van der Waals surface area contributed by atoms with Crippen molar-refractivity contribution in [3.8, 4) is 0 Å². The fourth-order valence-corrected chi connectivity index (χ4v) is 1.13. The lowest BCUT2D eigenvalue weighted by molar-refractivity contribution is -0.121. The zero-order chi connectivity index (χ0) is 9.97. The number of hydrazine groups is 1. The van der Waals surface area contributed by atoms with E-state index in [0.717, 1.165) is 12.8 Å². The number of carbonyl (C=O) groups is 1. The summed E-state index contributed by atoms with van der Waals surface area (Å²) in [4.78, 5) is 18.9. The summed E-state index contributed by atoms with van der Waals surface area (Å²) >= 11 is 5.72. The number of hydrogen-bond donors (Lipinski definition) is 2. The van der Waals surface area contributed by atoms with E-state index in [4.69, 9.17) is 11.6 Å².